The molecule has 0 aliphatic heterocycles. The molecule has 4 heteroatoms. The molecule has 2 fully saturated rings. The molecule has 2 saturated carbocycles. The predicted octanol–water partition coefficient (Wildman–Crippen LogP) is 4.21. The van der Waals surface area contributed by atoms with E-state index >= 15 is 0 Å². The maximum absolute atomic E-state index is 12.4. The lowest BCUT2D eigenvalue weighted by molar-refractivity contribution is -0.127. The second-order valence-electron chi connectivity index (χ2n) is 7.30. The van der Waals surface area contributed by atoms with Gasteiger partial charge in [0, 0.05) is 6.04 Å². The Kier molecular flexibility index (Phi) is 3.69. The van der Waals surface area contributed by atoms with Gasteiger partial charge in [-0.15, -0.1) is 0 Å². The summed E-state index contributed by atoms with van der Waals surface area (Å²) in [7, 11) is 0. The number of alkyl halides is 2. The van der Waals surface area contributed by atoms with E-state index in [9.17, 15) is 4.79 Å². The van der Waals surface area contributed by atoms with Crippen LogP contribution in [-0.2, 0) is 4.79 Å². The summed E-state index contributed by atoms with van der Waals surface area (Å²) in [5.74, 6) is 0.884. The van der Waals surface area contributed by atoms with Crippen LogP contribution < -0.4 is 5.32 Å². The fourth-order valence-corrected chi connectivity index (χ4v) is 4.93. The number of nitrogens with one attached hydrogen (secondary N) is 1. The Bertz CT molecular complexity index is 367. The summed E-state index contributed by atoms with van der Waals surface area (Å²) in [6, 6.07) is 0.337. The number of carbonyl (C=O) groups is 1. The Hall–Kier alpha value is 0.430. The van der Waals surface area contributed by atoms with Gasteiger partial charge in [0.15, 0.2) is 0 Å². The summed E-state index contributed by atoms with van der Waals surface area (Å²) in [4.78, 5) is 12.4. The Morgan fingerprint density at radius 1 is 1.22 bits per heavy atom. The van der Waals surface area contributed by atoms with Crippen molar-refractivity contribution in [3.05, 3.63) is 0 Å². The quantitative estimate of drug-likeness (QED) is 0.714. The molecule has 2 rings (SSSR count). The Labute approximate surface area is 127 Å². The summed E-state index contributed by atoms with van der Waals surface area (Å²) in [5, 5.41) is 3.26. The van der Waals surface area contributed by atoms with E-state index in [1.807, 2.05) is 6.92 Å². The smallest absolute Gasteiger partial charge is 0.228 e. The molecule has 3 unspecified atom stereocenters. The fourth-order valence-electron chi connectivity index (χ4n) is 3.45. The van der Waals surface area contributed by atoms with Crippen molar-refractivity contribution in [2.75, 3.05) is 0 Å². The van der Waals surface area contributed by atoms with Crippen LogP contribution in [0.4, 0.5) is 0 Å². The molecule has 0 aromatic rings. The van der Waals surface area contributed by atoms with E-state index in [1.54, 1.807) is 0 Å². The minimum absolute atomic E-state index is 0.186. The number of amides is 1. The lowest BCUT2D eigenvalue weighted by atomic mass is 9.70. The molecule has 104 valence electrons. The van der Waals surface area contributed by atoms with Crippen LogP contribution >= 0.6 is 31.9 Å². The van der Waals surface area contributed by atoms with Crippen molar-refractivity contribution in [1.29, 1.82) is 0 Å². The molecule has 3 atom stereocenters. The third-order valence-electron chi connectivity index (χ3n) is 4.48. The molecule has 0 spiro atoms. The summed E-state index contributed by atoms with van der Waals surface area (Å²) < 4.78 is -0.188. The highest BCUT2D eigenvalue weighted by molar-refractivity contribution is 9.25. The summed E-state index contributed by atoms with van der Waals surface area (Å²) in [6.07, 6.45) is 4.33. The first kappa shape index (κ1) is 14.8. The van der Waals surface area contributed by atoms with Gasteiger partial charge in [-0.1, -0.05) is 52.6 Å². The monoisotopic (exact) mass is 379 g/mol. The largest absolute Gasteiger partial charge is 0.353 e. The van der Waals surface area contributed by atoms with Crippen LogP contribution in [0.2, 0.25) is 0 Å². The van der Waals surface area contributed by atoms with Gasteiger partial charge < -0.3 is 5.32 Å². The molecule has 0 aromatic carbocycles. The zero-order valence-electron chi connectivity index (χ0n) is 11.6. The van der Waals surface area contributed by atoms with E-state index in [2.05, 4.69) is 57.9 Å². The highest BCUT2D eigenvalue weighted by Gasteiger charge is 2.66. The Morgan fingerprint density at radius 3 is 2.22 bits per heavy atom. The van der Waals surface area contributed by atoms with Crippen LogP contribution in [0.5, 0.6) is 0 Å². The Morgan fingerprint density at radius 2 is 1.78 bits per heavy atom. The van der Waals surface area contributed by atoms with Gasteiger partial charge in [-0.05, 0) is 43.9 Å². The number of carbonyl (C=O) groups excluding carboxylic acids is 1. The van der Waals surface area contributed by atoms with Gasteiger partial charge in [0.25, 0.3) is 0 Å². The van der Waals surface area contributed by atoms with Gasteiger partial charge in [0.05, 0.1) is 8.65 Å². The standard InChI is InChI=1S/C14H23Br2NO/c1-9-5-10(7-12(2,3)6-9)17-11(18)13(4)8-14(13,15)16/h9-10H,5-8H2,1-4H3,(H,17,18). The SMILES string of the molecule is CC1CC(NC(=O)C2(C)CC2(Br)Br)CC(C)(C)C1. The van der Waals surface area contributed by atoms with Gasteiger partial charge in [0.1, 0.15) is 0 Å². The van der Waals surface area contributed by atoms with Crippen molar-refractivity contribution in [2.24, 2.45) is 16.7 Å². The minimum atomic E-state index is -0.294. The van der Waals surface area contributed by atoms with E-state index in [0.717, 1.165) is 19.3 Å². The maximum Gasteiger partial charge on any atom is 0.228 e. The number of rotatable bonds is 2. The maximum atomic E-state index is 12.4. The minimum Gasteiger partial charge on any atom is -0.353 e. The van der Waals surface area contributed by atoms with Gasteiger partial charge >= 0.3 is 0 Å². The third kappa shape index (κ3) is 2.79. The van der Waals surface area contributed by atoms with E-state index in [4.69, 9.17) is 0 Å². The van der Waals surface area contributed by atoms with Gasteiger partial charge in [-0.25, -0.2) is 0 Å². The zero-order chi connectivity index (χ0) is 13.8. The van der Waals surface area contributed by atoms with E-state index in [-0.39, 0.29) is 14.6 Å². The van der Waals surface area contributed by atoms with Crippen LogP contribution in [0.25, 0.3) is 0 Å². The van der Waals surface area contributed by atoms with Crippen molar-refractivity contribution < 1.29 is 4.79 Å². The first-order valence-electron chi connectivity index (χ1n) is 6.75. The van der Waals surface area contributed by atoms with Gasteiger partial charge in [-0.2, -0.15) is 0 Å². The highest BCUT2D eigenvalue weighted by Crippen LogP contribution is 2.66. The van der Waals surface area contributed by atoms with E-state index in [0.29, 0.717) is 17.4 Å². The van der Waals surface area contributed by atoms with Crippen molar-refractivity contribution >= 4 is 37.8 Å². The predicted molar refractivity (Wildman–Crippen MR) is 82.0 cm³/mol. The molecule has 1 amide bonds. The van der Waals surface area contributed by atoms with Crippen LogP contribution in [0, 0.1) is 16.7 Å². The molecule has 18 heavy (non-hydrogen) atoms. The highest BCUT2D eigenvalue weighted by atomic mass is 79.9. The second kappa shape index (κ2) is 4.47. The second-order valence-corrected chi connectivity index (χ2v) is 11.1. The topological polar surface area (TPSA) is 29.1 Å². The average molecular weight is 381 g/mol. The molecule has 0 radical (unpaired) electrons. The van der Waals surface area contributed by atoms with Crippen LogP contribution in [0.1, 0.15) is 53.4 Å². The normalized spacial score (nSPS) is 41.2. The summed E-state index contributed by atoms with van der Waals surface area (Å²) >= 11 is 7.13. The number of hydrogen-bond acceptors (Lipinski definition) is 1. The number of hydrogen-bond donors (Lipinski definition) is 1. The van der Waals surface area contributed by atoms with Gasteiger partial charge in [-0.3, -0.25) is 4.79 Å². The van der Waals surface area contributed by atoms with Crippen LogP contribution in [0.15, 0.2) is 0 Å². The third-order valence-corrected chi connectivity index (χ3v) is 6.79. The molecule has 1 N–H and O–H groups in total. The molecule has 2 aliphatic rings. The molecule has 0 bridgehead atoms. The first-order valence-corrected chi connectivity index (χ1v) is 8.33. The molecular formula is C14H23Br2NO. The van der Waals surface area contributed by atoms with E-state index in [1.165, 1.54) is 6.42 Å². The molecular weight excluding hydrogens is 358 g/mol. The fraction of sp³-hybridized carbons (Fsp3) is 0.929. The van der Waals surface area contributed by atoms with Gasteiger partial charge in [0.2, 0.25) is 5.91 Å². The average Bonchev–Trinajstić information content (AvgIpc) is 2.63. The lowest BCUT2D eigenvalue weighted by Gasteiger charge is -2.39. The first-order chi connectivity index (χ1) is 8.06. The Balaban J connectivity index is 1.96. The molecule has 2 nitrogen and oxygen atoms in total. The van der Waals surface area contributed by atoms with Crippen molar-refractivity contribution in [2.45, 2.75) is 62.7 Å². The zero-order valence-corrected chi connectivity index (χ0v) is 14.8. The van der Waals surface area contributed by atoms with Crippen molar-refractivity contribution in [3.63, 3.8) is 0 Å². The summed E-state index contributed by atoms with van der Waals surface area (Å²) in [5.41, 5.74) is 0.0534. The molecule has 0 aromatic heterocycles. The van der Waals surface area contributed by atoms with Crippen molar-refractivity contribution in [3.8, 4) is 0 Å². The van der Waals surface area contributed by atoms with E-state index < -0.39 is 0 Å². The molecule has 2 aliphatic carbocycles. The number of halogens is 2. The van der Waals surface area contributed by atoms with Crippen LogP contribution in [0.3, 0.4) is 0 Å². The van der Waals surface area contributed by atoms with Crippen LogP contribution in [-0.4, -0.2) is 15.2 Å². The lowest BCUT2D eigenvalue weighted by Crippen LogP contribution is -2.46. The summed E-state index contributed by atoms with van der Waals surface area (Å²) in [6.45, 7) is 8.92. The molecule has 0 saturated heterocycles. The molecule has 0 heterocycles. The van der Waals surface area contributed by atoms with Crippen molar-refractivity contribution in [1.82, 2.24) is 5.32 Å².